The number of rotatable bonds is 4. The predicted octanol–water partition coefficient (Wildman–Crippen LogP) is 0.152. The zero-order chi connectivity index (χ0) is 10.6. The molecule has 0 radical (unpaired) electrons. The Morgan fingerprint density at radius 3 is 2.50 bits per heavy atom. The Balaban J connectivity index is 2.57. The van der Waals surface area contributed by atoms with Crippen molar-refractivity contribution in [3.8, 4) is 0 Å². The molecule has 0 amide bonds. The number of hydrogen-bond acceptors (Lipinski definition) is 4. The van der Waals surface area contributed by atoms with Crippen LogP contribution in [0.5, 0.6) is 0 Å². The summed E-state index contributed by atoms with van der Waals surface area (Å²) in [5, 5.41) is 19.2. The summed E-state index contributed by atoms with van der Waals surface area (Å²) in [5.74, 6) is 0. The minimum absolute atomic E-state index is 0.295. The average molecular weight is 196 g/mol. The Labute approximate surface area is 81.3 Å². The maximum absolute atomic E-state index is 10.2. The quantitative estimate of drug-likeness (QED) is 0.407. The topological polar surface area (TPSA) is 89.4 Å². The predicted molar refractivity (Wildman–Crippen MR) is 51.1 cm³/mol. The number of nitrogens with zero attached hydrogens (tertiary/aromatic N) is 1. The Kier molecular flexibility index (Phi) is 3.55. The SMILES string of the molecule is N[C@@H](Cc1ccccc1)C(O)[N+](=O)[O-]. The zero-order valence-corrected chi connectivity index (χ0v) is 7.54. The summed E-state index contributed by atoms with van der Waals surface area (Å²) in [7, 11) is 0. The van der Waals surface area contributed by atoms with Gasteiger partial charge in [-0.3, -0.25) is 10.1 Å². The molecule has 0 bridgehead atoms. The lowest BCUT2D eigenvalue weighted by molar-refractivity contribution is -0.573. The van der Waals surface area contributed by atoms with Crippen molar-refractivity contribution < 1.29 is 10.0 Å². The van der Waals surface area contributed by atoms with E-state index >= 15 is 0 Å². The lowest BCUT2D eigenvalue weighted by atomic mass is 10.1. The van der Waals surface area contributed by atoms with Gasteiger partial charge in [-0.15, -0.1) is 0 Å². The van der Waals surface area contributed by atoms with E-state index in [2.05, 4.69) is 0 Å². The molecule has 0 saturated carbocycles. The van der Waals surface area contributed by atoms with Crippen molar-refractivity contribution in [2.45, 2.75) is 18.7 Å². The molecule has 5 nitrogen and oxygen atoms in total. The first kappa shape index (κ1) is 10.6. The van der Waals surface area contributed by atoms with E-state index in [0.29, 0.717) is 6.42 Å². The highest BCUT2D eigenvalue weighted by atomic mass is 16.7. The molecule has 0 aliphatic rings. The van der Waals surface area contributed by atoms with Gasteiger partial charge in [-0.05, 0) is 12.0 Å². The zero-order valence-electron chi connectivity index (χ0n) is 7.54. The molecule has 76 valence electrons. The van der Waals surface area contributed by atoms with E-state index in [1.54, 1.807) is 0 Å². The first-order valence-corrected chi connectivity index (χ1v) is 4.22. The summed E-state index contributed by atoms with van der Waals surface area (Å²) in [6.45, 7) is 0. The number of aliphatic hydroxyl groups excluding tert-OH is 1. The van der Waals surface area contributed by atoms with Crippen LogP contribution in [-0.2, 0) is 6.42 Å². The molecule has 0 saturated heterocycles. The molecule has 14 heavy (non-hydrogen) atoms. The third kappa shape index (κ3) is 2.79. The van der Waals surface area contributed by atoms with Crippen molar-refractivity contribution in [3.63, 3.8) is 0 Å². The van der Waals surface area contributed by atoms with E-state index in [0.717, 1.165) is 5.56 Å². The maximum atomic E-state index is 10.2. The standard InChI is InChI=1S/C9H12N2O3/c10-8(9(12)11(13)14)6-7-4-2-1-3-5-7/h1-5,8-9,12H,6,10H2/t8-,9?/m0/s1. The fraction of sp³-hybridized carbons (Fsp3) is 0.333. The van der Waals surface area contributed by atoms with E-state index in [1.165, 1.54) is 0 Å². The number of hydrogen-bond donors (Lipinski definition) is 2. The maximum Gasteiger partial charge on any atom is 0.328 e. The number of aliphatic hydroxyl groups is 1. The fourth-order valence-electron chi connectivity index (χ4n) is 1.15. The summed E-state index contributed by atoms with van der Waals surface area (Å²) in [4.78, 5) is 9.42. The van der Waals surface area contributed by atoms with E-state index in [9.17, 15) is 10.1 Å². The molecular formula is C9H12N2O3. The summed E-state index contributed by atoms with van der Waals surface area (Å²) in [6.07, 6.45) is -1.40. The second-order valence-electron chi connectivity index (χ2n) is 3.05. The third-order valence-corrected chi connectivity index (χ3v) is 1.91. The highest BCUT2D eigenvalue weighted by Gasteiger charge is 2.24. The van der Waals surface area contributed by atoms with Gasteiger partial charge in [0.05, 0.1) is 4.92 Å². The Hall–Kier alpha value is -1.46. The normalized spacial score (nSPS) is 14.7. The molecule has 1 unspecified atom stereocenters. The largest absolute Gasteiger partial charge is 0.332 e. The molecule has 0 aliphatic heterocycles. The molecule has 0 heterocycles. The molecule has 1 aromatic rings. The Morgan fingerprint density at radius 1 is 1.43 bits per heavy atom. The molecule has 2 atom stereocenters. The van der Waals surface area contributed by atoms with E-state index in [1.807, 2.05) is 30.3 Å². The van der Waals surface area contributed by atoms with Crippen LogP contribution in [0.4, 0.5) is 0 Å². The number of benzene rings is 1. The lowest BCUT2D eigenvalue weighted by Gasteiger charge is -2.11. The van der Waals surface area contributed by atoms with Gasteiger partial charge in [0.15, 0.2) is 0 Å². The highest BCUT2D eigenvalue weighted by molar-refractivity contribution is 5.15. The molecule has 0 aromatic heterocycles. The molecule has 0 aliphatic carbocycles. The van der Waals surface area contributed by atoms with Gasteiger partial charge in [-0.1, -0.05) is 30.3 Å². The molecule has 1 rings (SSSR count). The molecule has 0 fully saturated rings. The van der Waals surface area contributed by atoms with Gasteiger partial charge >= 0.3 is 6.23 Å². The van der Waals surface area contributed by atoms with Gasteiger partial charge in [-0.2, -0.15) is 0 Å². The Bertz CT molecular complexity index is 302. The van der Waals surface area contributed by atoms with Gasteiger partial charge in [-0.25, -0.2) is 0 Å². The molecule has 1 aromatic carbocycles. The molecular weight excluding hydrogens is 184 g/mol. The van der Waals surface area contributed by atoms with Crippen molar-refractivity contribution in [2.24, 2.45) is 5.73 Å². The van der Waals surface area contributed by atoms with Crippen molar-refractivity contribution in [2.75, 3.05) is 0 Å². The summed E-state index contributed by atoms with van der Waals surface area (Å²) in [6, 6.07) is 8.24. The van der Waals surface area contributed by atoms with Crippen LogP contribution in [0.25, 0.3) is 0 Å². The molecule has 0 spiro atoms. The minimum Gasteiger partial charge on any atom is -0.332 e. The average Bonchev–Trinajstić information content (AvgIpc) is 2.18. The van der Waals surface area contributed by atoms with E-state index in [-0.39, 0.29) is 0 Å². The van der Waals surface area contributed by atoms with Crippen LogP contribution < -0.4 is 5.73 Å². The smallest absolute Gasteiger partial charge is 0.328 e. The minimum atomic E-state index is -1.70. The van der Waals surface area contributed by atoms with Crippen molar-refractivity contribution in [3.05, 3.63) is 46.0 Å². The first-order valence-electron chi connectivity index (χ1n) is 4.22. The molecule has 5 heteroatoms. The fourth-order valence-corrected chi connectivity index (χ4v) is 1.15. The van der Waals surface area contributed by atoms with Crippen LogP contribution in [0.2, 0.25) is 0 Å². The van der Waals surface area contributed by atoms with Crippen molar-refractivity contribution >= 4 is 0 Å². The number of nitrogens with two attached hydrogens (primary N) is 1. The second-order valence-corrected chi connectivity index (χ2v) is 3.05. The Morgan fingerprint density at radius 2 is 2.00 bits per heavy atom. The van der Waals surface area contributed by atoms with Crippen LogP contribution in [0.1, 0.15) is 5.56 Å². The van der Waals surface area contributed by atoms with Gasteiger partial charge in [0, 0.05) is 0 Å². The van der Waals surface area contributed by atoms with Crippen LogP contribution in [-0.4, -0.2) is 22.3 Å². The van der Waals surface area contributed by atoms with Crippen LogP contribution in [0, 0.1) is 10.1 Å². The lowest BCUT2D eigenvalue weighted by Crippen LogP contribution is -2.41. The summed E-state index contributed by atoms with van der Waals surface area (Å²) < 4.78 is 0. The van der Waals surface area contributed by atoms with Crippen LogP contribution in [0.15, 0.2) is 30.3 Å². The highest BCUT2D eigenvalue weighted by Crippen LogP contribution is 2.04. The second kappa shape index (κ2) is 4.69. The van der Waals surface area contributed by atoms with Gasteiger partial charge in [0.2, 0.25) is 0 Å². The summed E-state index contributed by atoms with van der Waals surface area (Å²) in [5.41, 5.74) is 6.33. The van der Waals surface area contributed by atoms with Crippen LogP contribution >= 0.6 is 0 Å². The van der Waals surface area contributed by atoms with Crippen molar-refractivity contribution in [1.82, 2.24) is 0 Å². The number of nitro groups is 1. The molecule has 3 N–H and O–H groups in total. The monoisotopic (exact) mass is 196 g/mol. The summed E-state index contributed by atoms with van der Waals surface area (Å²) >= 11 is 0. The van der Waals surface area contributed by atoms with Crippen LogP contribution in [0.3, 0.4) is 0 Å². The van der Waals surface area contributed by atoms with Gasteiger partial charge in [0.1, 0.15) is 6.04 Å². The van der Waals surface area contributed by atoms with Crippen molar-refractivity contribution in [1.29, 1.82) is 0 Å². The van der Waals surface area contributed by atoms with Gasteiger partial charge < -0.3 is 10.8 Å². The van der Waals surface area contributed by atoms with Gasteiger partial charge in [0.25, 0.3) is 0 Å². The third-order valence-electron chi connectivity index (χ3n) is 1.91. The van der Waals surface area contributed by atoms with E-state index < -0.39 is 17.2 Å². The van der Waals surface area contributed by atoms with E-state index in [4.69, 9.17) is 10.8 Å². The first-order chi connectivity index (χ1) is 6.61.